The first-order valence-corrected chi connectivity index (χ1v) is 3.86. The number of nitriles is 1. The minimum atomic E-state index is -0.713. The quantitative estimate of drug-likeness (QED) is 0.412. The molecule has 0 bridgehead atoms. The fraction of sp³-hybridized carbons (Fsp3) is 0.111. The largest absolute Gasteiger partial charge is 0.465 e. The smallest absolute Gasteiger partial charge is 0.338 e. The Balaban J connectivity index is 3.31. The van der Waals surface area contributed by atoms with Gasteiger partial charge in [0.15, 0.2) is 0 Å². The molecule has 0 atom stereocenters. The van der Waals surface area contributed by atoms with Crippen molar-refractivity contribution in [3.63, 3.8) is 0 Å². The summed E-state index contributed by atoms with van der Waals surface area (Å²) in [4.78, 5) is 20.9. The molecule has 0 aliphatic rings. The number of hydrogen-bond donors (Lipinski definition) is 0. The lowest BCUT2D eigenvalue weighted by Crippen LogP contribution is -2.02. The third kappa shape index (κ3) is 2.28. The van der Waals surface area contributed by atoms with Crippen LogP contribution in [0.3, 0.4) is 0 Å². The van der Waals surface area contributed by atoms with Gasteiger partial charge in [-0.3, -0.25) is 10.1 Å². The number of benzene rings is 1. The van der Waals surface area contributed by atoms with E-state index in [4.69, 9.17) is 5.26 Å². The molecule has 0 spiro atoms. The van der Waals surface area contributed by atoms with Crippen molar-refractivity contribution < 1.29 is 14.5 Å². The van der Waals surface area contributed by atoms with E-state index in [0.717, 1.165) is 19.2 Å². The average molecular weight is 206 g/mol. The Kier molecular flexibility index (Phi) is 2.98. The van der Waals surface area contributed by atoms with Crippen LogP contribution in [-0.2, 0) is 4.74 Å². The fourth-order valence-corrected chi connectivity index (χ4v) is 1.02. The molecule has 0 amide bonds. The maximum atomic E-state index is 11.1. The summed E-state index contributed by atoms with van der Waals surface area (Å²) in [5.41, 5.74) is -0.276. The van der Waals surface area contributed by atoms with Crippen molar-refractivity contribution in [2.24, 2.45) is 0 Å². The van der Waals surface area contributed by atoms with Crippen LogP contribution in [0.1, 0.15) is 15.9 Å². The molecule has 0 radical (unpaired) electrons. The Labute approximate surface area is 84.8 Å². The summed E-state index contributed by atoms with van der Waals surface area (Å²) in [7, 11) is 1.16. The Morgan fingerprint density at radius 1 is 1.53 bits per heavy atom. The monoisotopic (exact) mass is 206 g/mol. The van der Waals surface area contributed by atoms with Gasteiger partial charge < -0.3 is 4.74 Å². The Hall–Kier alpha value is -2.42. The van der Waals surface area contributed by atoms with E-state index in [1.165, 1.54) is 6.07 Å². The lowest BCUT2D eigenvalue weighted by Gasteiger charge is -1.99. The highest BCUT2D eigenvalue weighted by Crippen LogP contribution is 2.17. The zero-order valence-corrected chi connectivity index (χ0v) is 7.76. The first-order valence-electron chi connectivity index (χ1n) is 3.86. The summed E-state index contributed by atoms with van der Waals surface area (Å²) in [6, 6.07) is 5.12. The Bertz CT molecular complexity index is 462. The van der Waals surface area contributed by atoms with Crippen LogP contribution in [0, 0.1) is 21.4 Å². The maximum absolute atomic E-state index is 11.1. The Morgan fingerprint density at radius 3 is 2.67 bits per heavy atom. The predicted molar refractivity (Wildman–Crippen MR) is 49.2 cm³/mol. The van der Waals surface area contributed by atoms with Gasteiger partial charge in [-0.2, -0.15) is 5.26 Å². The molecule has 0 saturated heterocycles. The highest BCUT2D eigenvalue weighted by molar-refractivity contribution is 5.90. The standard InChI is InChI=1S/C9H6N2O4/c1-15-9(12)7-2-6(5-10)3-8(4-7)11(13)14/h2-4H,1H3. The molecule has 0 saturated carbocycles. The van der Waals surface area contributed by atoms with Gasteiger partial charge >= 0.3 is 5.97 Å². The van der Waals surface area contributed by atoms with E-state index < -0.39 is 10.9 Å². The summed E-state index contributed by atoms with van der Waals surface area (Å²) < 4.78 is 4.40. The third-order valence-corrected chi connectivity index (χ3v) is 1.68. The number of methoxy groups -OCH3 is 1. The number of carbonyl (C=O) groups is 1. The fourth-order valence-electron chi connectivity index (χ4n) is 1.02. The van der Waals surface area contributed by atoms with Gasteiger partial charge in [0, 0.05) is 12.1 Å². The van der Waals surface area contributed by atoms with Crippen molar-refractivity contribution in [3.05, 3.63) is 39.4 Å². The number of non-ortho nitro benzene ring substituents is 1. The van der Waals surface area contributed by atoms with Crippen molar-refractivity contribution in [1.82, 2.24) is 0 Å². The van der Waals surface area contributed by atoms with Gasteiger partial charge in [0.25, 0.3) is 5.69 Å². The molecule has 76 valence electrons. The van der Waals surface area contributed by atoms with E-state index >= 15 is 0 Å². The number of carbonyl (C=O) groups excluding carboxylic acids is 1. The number of hydrogen-bond acceptors (Lipinski definition) is 5. The van der Waals surface area contributed by atoms with Crippen LogP contribution in [0.5, 0.6) is 0 Å². The van der Waals surface area contributed by atoms with Crippen molar-refractivity contribution in [2.75, 3.05) is 7.11 Å². The van der Waals surface area contributed by atoms with Crippen LogP contribution in [0.25, 0.3) is 0 Å². The SMILES string of the molecule is COC(=O)c1cc(C#N)cc([N+](=O)[O-])c1. The number of nitrogens with zero attached hydrogens (tertiary/aromatic N) is 2. The average Bonchev–Trinajstić information content (AvgIpc) is 2.27. The summed E-state index contributed by atoms with van der Waals surface area (Å²) in [6.45, 7) is 0. The second kappa shape index (κ2) is 4.19. The van der Waals surface area contributed by atoms with Crippen molar-refractivity contribution in [3.8, 4) is 6.07 Å². The van der Waals surface area contributed by atoms with Crippen LogP contribution in [0.2, 0.25) is 0 Å². The number of ether oxygens (including phenoxy) is 1. The minimum absolute atomic E-state index is 0.0109. The number of nitro groups is 1. The van der Waals surface area contributed by atoms with Gasteiger partial charge in [0.1, 0.15) is 0 Å². The summed E-state index contributed by atoms with van der Waals surface area (Å²) >= 11 is 0. The highest BCUT2D eigenvalue weighted by Gasteiger charge is 2.14. The minimum Gasteiger partial charge on any atom is -0.465 e. The maximum Gasteiger partial charge on any atom is 0.338 e. The third-order valence-electron chi connectivity index (χ3n) is 1.68. The van der Waals surface area contributed by atoms with Crippen molar-refractivity contribution in [2.45, 2.75) is 0 Å². The van der Waals surface area contributed by atoms with Crippen molar-refractivity contribution in [1.29, 1.82) is 5.26 Å². The summed E-state index contributed by atoms with van der Waals surface area (Å²) in [5, 5.41) is 19.1. The van der Waals surface area contributed by atoms with Crippen molar-refractivity contribution >= 4 is 11.7 Å². The molecular formula is C9H6N2O4. The van der Waals surface area contributed by atoms with Gasteiger partial charge in [-0.25, -0.2) is 4.79 Å². The molecule has 0 aromatic heterocycles. The lowest BCUT2D eigenvalue weighted by atomic mass is 10.1. The van der Waals surface area contributed by atoms with Gasteiger partial charge in [-0.05, 0) is 6.07 Å². The molecule has 1 aromatic carbocycles. The molecular weight excluding hydrogens is 200 g/mol. The second-order valence-corrected chi connectivity index (χ2v) is 2.63. The number of nitro benzene ring substituents is 1. The molecule has 1 aromatic rings. The molecule has 0 unspecified atom stereocenters. The van der Waals surface area contributed by atoms with Crippen LogP contribution in [0.15, 0.2) is 18.2 Å². The second-order valence-electron chi connectivity index (χ2n) is 2.63. The summed E-state index contributed by atoms with van der Waals surface area (Å²) in [6.07, 6.45) is 0. The van der Waals surface area contributed by atoms with Gasteiger partial charge in [-0.15, -0.1) is 0 Å². The van der Waals surface area contributed by atoms with E-state index in [-0.39, 0.29) is 16.8 Å². The molecule has 0 aliphatic heterocycles. The first kappa shape index (κ1) is 10.7. The molecule has 0 N–H and O–H groups in total. The molecule has 15 heavy (non-hydrogen) atoms. The van der Waals surface area contributed by atoms with E-state index in [1.54, 1.807) is 6.07 Å². The highest BCUT2D eigenvalue weighted by atomic mass is 16.6. The van der Waals surface area contributed by atoms with Crippen LogP contribution in [0.4, 0.5) is 5.69 Å². The summed E-state index contributed by atoms with van der Waals surface area (Å²) in [5.74, 6) is -0.713. The predicted octanol–water partition coefficient (Wildman–Crippen LogP) is 1.25. The van der Waals surface area contributed by atoms with Gasteiger partial charge in [0.2, 0.25) is 0 Å². The van der Waals surface area contributed by atoms with Gasteiger partial charge in [0.05, 0.1) is 29.2 Å². The number of rotatable bonds is 2. The zero-order chi connectivity index (χ0) is 11.4. The van der Waals surface area contributed by atoms with Crippen LogP contribution < -0.4 is 0 Å². The molecule has 0 aliphatic carbocycles. The van der Waals surface area contributed by atoms with E-state index in [1.807, 2.05) is 0 Å². The van der Waals surface area contributed by atoms with Gasteiger partial charge in [-0.1, -0.05) is 0 Å². The molecule has 6 nitrogen and oxygen atoms in total. The van der Waals surface area contributed by atoms with E-state index in [9.17, 15) is 14.9 Å². The Morgan fingerprint density at radius 2 is 2.20 bits per heavy atom. The zero-order valence-electron chi connectivity index (χ0n) is 7.76. The molecule has 1 rings (SSSR count). The van der Waals surface area contributed by atoms with E-state index in [0.29, 0.717) is 0 Å². The molecule has 0 fully saturated rings. The molecule has 6 heteroatoms. The first-order chi connectivity index (χ1) is 7.08. The van der Waals surface area contributed by atoms with E-state index in [2.05, 4.69) is 4.74 Å². The number of esters is 1. The lowest BCUT2D eigenvalue weighted by molar-refractivity contribution is -0.384. The van der Waals surface area contributed by atoms with Crippen LogP contribution in [-0.4, -0.2) is 18.0 Å². The molecule has 0 heterocycles. The topological polar surface area (TPSA) is 93.2 Å². The normalized spacial score (nSPS) is 9.07. The van der Waals surface area contributed by atoms with Crippen LogP contribution >= 0.6 is 0 Å².